The molecule has 6 rings (SSSR count). The van der Waals surface area contributed by atoms with Crippen molar-refractivity contribution in [2.24, 2.45) is 0 Å². The maximum absolute atomic E-state index is 13.2. The predicted molar refractivity (Wildman–Crippen MR) is 160 cm³/mol. The molecule has 210 valence electrons. The van der Waals surface area contributed by atoms with Crippen LogP contribution in [0.5, 0.6) is 0 Å². The standard InChI is InChI=1S/C32H30N8O2/c1-22-11-13-23(14-12-22)17-30(41)33-25-18-28(26-9-5-6-10-27(26)32-35-37-38-36-32)34-29(19-25)39-15-16-40(31(42)21-39)20-24-7-3-2-4-8-24/h2-14,18-19H,15-17,20-21H2,1H3,(H,33,34,41)(H,35,36,37,38). The number of anilines is 2. The SMILES string of the molecule is Cc1ccc(CC(=O)Nc2cc(-c3ccccc3-c3nn[nH]n3)nc(N3CCN(Cc4ccccc4)C(=O)C3)c2)cc1. The van der Waals surface area contributed by atoms with E-state index in [1.165, 1.54) is 0 Å². The predicted octanol–water partition coefficient (Wildman–Crippen LogP) is 4.27. The van der Waals surface area contributed by atoms with Gasteiger partial charge in [-0.1, -0.05) is 84.4 Å². The number of aromatic amines is 1. The van der Waals surface area contributed by atoms with Crippen molar-refractivity contribution in [3.8, 4) is 22.6 Å². The number of rotatable bonds is 8. The number of carbonyl (C=O) groups is 2. The number of aryl methyl sites for hydroxylation is 1. The summed E-state index contributed by atoms with van der Waals surface area (Å²) in [6, 6.07) is 29.2. The van der Waals surface area contributed by atoms with E-state index in [4.69, 9.17) is 4.98 Å². The Morgan fingerprint density at radius 1 is 0.905 bits per heavy atom. The van der Waals surface area contributed by atoms with Gasteiger partial charge in [-0.15, -0.1) is 10.2 Å². The van der Waals surface area contributed by atoms with E-state index in [0.29, 0.717) is 42.7 Å². The van der Waals surface area contributed by atoms with Crippen molar-refractivity contribution in [2.75, 3.05) is 29.9 Å². The minimum absolute atomic E-state index is 0.0226. The van der Waals surface area contributed by atoms with E-state index in [-0.39, 0.29) is 24.8 Å². The lowest BCUT2D eigenvalue weighted by Crippen LogP contribution is -2.50. The van der Waals surface area contributed by atoms with Crippen LogP contribution in [0.3, 0.4) is 0 Å². The molecule has 2 amide bonds. The number of piperazine rings is 1. The van der Waals surface area contributed by atoms with Gasteiger partial charge in [-0.25, -0.2) is 4.98 Å². The molecule has 3 aromatic carbocycles. The summed E-state index contributed by atoms with van der Waals surface area (Å²) in [6.45, 7) is 3.95. The Morgan fingerprint density at radius 3 is 2.40 bits per heavy atom. The van der Waals surface area contributed by atoms with Gasteiger partial charge in [0.1, 0.15) is 5.82 Å². The molecule has 0 unspecified atom stereocenters. The molecule has 5 aromatic rings. The average molecular weight is 559 g/mol. The Hall–Kier alpha value is -5.38. The lowest BCUT2D eigenvalue weighted by molar-refractivity contribution is -0.131. The van der Waals surface area contributed by atoms with Gasteiger partial charge in [0.05, 0.1) is 18.7 Å². The van der Waals surface area contributed by atoms with E-state index in [1.54, 1.807) is 0 Å². The van der Waals surface area contributed by atoms with Crippen LogP contribution in [0.4, 0.5) is 11.5 Å². The Morgan fingerprint density at radius 2 is 1.67 bits per heavy atom. The second-order valence-electron chi connectivity index (χ2n) is 10.3. The first-order chi connectivity index (χ1) is 20.5. The van der Waals surface area contributed by atoms with Crippen molar-refractivity contribution >= 4 is 23.3 Å². The Labute approximate surface area is 243 Å². The van der Waals surface area contributed by atoms with E-state index in [0.717, 1.165) is 27.8 Å². The quantitative estimate of drug-likeness (QED) is 0.292. The monoisotopic (exact) mass is 558 g/mol. The minimum Gasteiger partial charge on any atom is -0.345 e. The minimum atomic E-state index is -0.142. The topological polar surface area (TPSA) is 120 Å². The van der Waals surface area contributed by atoms with Gasteiger partial charge in [-0.3, -0.25) is 9.59 Å². The number of hydrogen-bond donors (Lipinski definition) is 2. The molecule has 0 bridgehead atoms. The van der Waals surface area contributed by atoms with Crippen LogP contribution in [0.25, 0.3) is 22.6 Å². The molecule has 0 radical (unpaired) electrons. The summed E-state index contributed by atoms with van der Waals surface area (Å²) < 4.78 is 0. The van der Waals surface area contributed by atoms with Crippen LogP contribution in [-0.4, -0.2) is 62.0 Å². The van der Waals surface area contributed by atoms with Crippen molar-refractivity contribution in [3.63, 3.8) is 0 Å². The van der Waals surface area contributed by atoms with E-state index in [9.17, 15) is 9.59 Å². The highest BCUT2D eigenvalue weighted by Crippen LogP contribution is 2.32. The number of benzene rings is 3. The third-order valence-corrected chi connectivity index (χ3v) is 7.23. The molecule has 1 fully saturated rings. The van der Waals surface area contributed by atoms with Crippen molar-refractivity contribution in [1.29, 1.82) is 0 Å². The van der Waals surface area contributed by atoms with Crippen LogP contribution in [-0.2, 0) is 22.6 Å². The molecule has 0 atom stereocenters. The third-order valence-electron chi connectivity index (χ3n) is 7.23. The molecule has 10 heteroatoms. The summed E-state index contributed by atoms with van der Waals surface area (Å²) in [5.74, 6) is 0.924. The summed E-state index contributed by atoms with van der Waals surface area (Å²) in [6.07, 6.45) is 0.239. The maximum Gasteiger partial charge on any atom is 0.242 e. The van der Waals surface area contributed by atoms with Crippen molar-refractivity contribution in [3.05, 3.63) is 108 Å². The fourth-order valence-electron chi connectivity index (χ4n) is 5.04. The van der Waals surface area contributed by atoms with E-state index < -0.39 is 0 Å². The van der Waals surface area contributed by atoms with E-state index in [2.05, 4.69) is 25.9 Å². The van der Waals surface area contributed by atoms with Crippen molar-refractivity contribution in [1.82, 2.24) is 30.5 Å². The largest absolute Gasteiger partial charge is 0.345 e. The molecule has 0 spiro atoms. The molecule has 2 N–H and O–H groups in total. The van der Waals surface area contributed by atoms with Crippen LogP contribution in [0.2, 0.25) is 0 Å². The van der Waals surface area contributed by atoms with E-state index in [1.807, 2.05) is 108 Å². The molecular weight excluding hydrogens is 528 g/mol. The fraction of sp³-hybridized carbons (Fsp3) is 0.188. The zero-order chi connectivity index (χ0) is 28.9. The van der Waals surface area contributed by atoms with Crippen LogP contribution in [0.1, 0.15) is 16.7 Å². The number of nitrogens with zero attached hydrogens (tertiary/aromatic N) is 6. The molecule has 42 heavy (non-hydrogen) atoms. The van der Waals surface area contributed by atoms with Gasteiger partial charge < -0.3 is 15.1 Å². The van der Waals surface area contributed by atoms with Gasteiger partial charge in [-0.2, -0.15) is 5.21 Å². The molecule has 1 aliphatic rings. The number of pyridine rings is 1. The molecule has 1 saturated heterocycles. The Bertz CT molecular complexity index is 1690. The number of H-pyrrole nitrogens is 1. The number of amides is 2. The summed E-state index contributed by atoms with van der Waals surface area (Å²) in [5, 5.41) is 17.6. The molecule has 0 aliphatic carbocycles. The first kappa shape index (κ1) is 26.8. The fourth-order valence-corrected chi connectivity index (χ4v) is 5.04. The highest BCUT2D eigenvalue weighted by molar-refractivity contribution is 5.94. The summed E-state index contributed by atoms with van der Waals surface area (Å²) >= 11 is 0. The first-order valence-electron chi connectivity index (χ1n) is 13.8. The van der Waals surface area contributed by atoms with Crippen LogP contribution in [0.15, 0.2) is 91.0 Å². The number of tetrazole rings is 1. The lowest BCUT2D eigenvalue weighted by Gasteiger charge is -2.35. The van der Waals surface area contributed by atoms with Crippen molar-refractivity contribution in [2.45, 2.75) is 19.9 Å². The van der Waals surface area contributed by atoms with E-state index >= 15 is 0 Å². The van der Waals surface area contributed by atoms with Gasteiger partial charge in [0.25, 0.3) is 0 Å². The number of hydrogen-bond acceptors (Lipinski definition) is 7. The highest BCUT2D eigenvalue weighted by atomic mass is 16.2. The smallest absolute Gasteiger partial charge is 0.242 e. The molecule has 10 nitrogen and oxygen atoms in total. The molecule has 3 heterocycles. The number of carbonyl (C=O) groups excluding carboxylic acids is 2. The van der Waals surface area contributed by atoms with Crippen LogP contribution < -0.4 is 10.2 Å². The second kappa shape index (κ2) is 12.0. The first-order valence-corrected chi connectivity index (χ1v) is 13.8. The molecule has 2 aromatic heterocycles. The zero-order valence-electron chi connectivity index (χ0n) is 23.2. The second-order valence-corrected chi connectivity index (χ2v) is 10.3. The summed E-state index contributed by atoms with van der Waals surface area (Å²) in [5.41, 5.74) is 5.90. The molecular formula is C32H30N8O2. The lowest BCUT2D eigenvalue weighted by atomic mass is 10.0. The summed E-state index contributed by atoms with van der Waals surface area (Å²) in [4.78, 5) is 35.1. The zero-order valence-corrected chi connectivity index (χ0v) is 23.2. The third kappa shape index (κ3) is 6.17. The molecule has 0 saturated carbocycles. The Kier molecular flexibility index (Phi) is 7.67. The molecule has 1 aliphatic heterocycles. The van der Waals surface area contributed by atoms with Gasteiger partial charge in [-0.05, 0) is 29.3 Å². The van der Waals surface area contributed by atoms with Gasteiger partial charge in [0.15, 0.2) is 0 Å². The highest BCUT2D eigenvalue weighted by Gasteiger charge is 2.26. The van der Waals surface area contributed by atoms with Crippen LogP contribution >= 0.6 is 0 Å². The number of nitrogens with one attached hydrogen (secondary N) is 2. The van der Waals surface area contributed by atoms with Gasteiger partial charge in [0.2, 0.25) is 17.6 Å². The van der Waals surface area contributed by atoms with Gasteiger partial charge >= 0.3 is 0 Å². The van der Waals surface area contributed by atoms with Crippen LogP contribution in [0, 0.1) is 6.92 Å². The average Bonchev–Trinajstić information content (AvgIpc) is 3.55. The van der Waals surface area contributed by atoms with Crippen molar-refractivity contribution < 1.29 is 9.59 Å². The Balaban J connectivity index is 1.29. The maximum atomic E-state index is 13.2. The summed E-state index contributed by atoms with van der Waals surface area (Å²) in [7, 11) is 0. The van der Waals surface area contributed by atoms with Gasteiger partial charge in [0, 0.05) is 42.5 Å². The normalized spacial score (nSPS) is 13.3. The number of aromatic nitrogens is 5.